The van der Waals surface area contributed by atoms with Gasteiger partial charge in [0.15, 0.2) is 0 Å². The van der Waals surface area contributed by atoms with E-state index in [2.05, 4.69) is 25.5 Å². The summed E-state index contributed by atoms with van der Waals surface area (Å²) >= 11 is 0. The number of hydrogen-bond acceptors (Lipinski definition) is 4. The third-order valence-electron chi connectivity index (χ3n) is 4.94. The summed E-state index contributed by atoms with van der Waals surface area (Å²) in [6, 6.07) is 13.1. The van der Waals surface area contributed by atoms with Crippen molar-refractivity contribution in [1.82, 2.24) is 0 Å². The van der Waals surface area contributed by atoms with E-state index < -0.39 is 21.9 Å². The molecule has 0 saturated carbocycles. The average Bonchev–Trinajstić information content (AvgIpc) is 3.03. The van der Waals surface area contributed by atoms with Crippen molar-refractivity contribution in [2.45, 2.75) is 37.5 Å². The lowest BCUT2D eigenvalue weighted by Gasteiger charge is -2.19. The zero-order valence-corrected chi connectivity index (χ0v) is 17.4. The first kappa shape index (κ1) is 20.9. The molecular weight excluding hydrogens is 392 g/mol. The Balaban J connectivity index is 1.75. The Kier molecular flexibility index (Phi) is 5.40. The maximum atomic E-state index is 12.7. The summed E-state index contributed by atoms with van der Waals surface area (Å²) in [6.07, 6.45) is -0.0541. The molecule has 1 heterocycles. The van der Waals surface area contributed by atoms with Crippen molar-refractivity contribution in [3.8, 4) is 0 Å². The minimum atomic E-state index is -3.79. The quantitative estimate of drug-likeness (QED) is 0.779. The lowest BCUT2D eigenvalue weighted by atomic mass is 9.87. The van der Waals surface area contributed by atoms with Crippen molar-refractivity contribution >= 4 is 33.3 Å². The highest BCUT2D eigenvalue weighted by Crippen LogP contribution is 2.28. The molecular formula is C21H24N2O5S. The highest BCUT2D eigenvalue weighted by Gasteiger charge is 2.35. The molecule has 0 aromatic heterocycles. The zero-order chi connectivity index (χ0) is 21.4. The molecule has 0 aliphatic carbocycles. The summed E-state index contributed by atoms with van der Waals surface area (Å²) in [5.41, 5.74) is 2.01. The Morgan fingerprint density at radius 1 is 1.07 bits per heavy atom. The molecule has 1 aliphatic rings. The smallest absolute Gasteiger partial charge is 0.308 e. The second-order valence-corrected chi connectivity index (χ2v) is 9.85. The highest BCUT2D eigenvalue weighted by atomic mass is 32.2. The van der Waals surface area contributed by atoms with Gasteiger partial charge >= 0.3 is 5.97 Å². The van der Waals surface area contributed by atoms with E-state index in [1.54, 1.807) is 12.1 Å². The van der Waals surface area contributed by atoms with Gasteiger partial charge in [-0.1, -0.05) is 32.9 Å². The number of carbonyl (C=O) groups is 2. The van der Waals surface area contributed by atoms with Crippen LogP contribution in [-0.4, -0.2) is 31.9 Å². The SMILES string of the molecule is CC(C)(C)c1ccc(NS(=O)(=O)c2ccc(N3C[C@@H](C(=O)O)CC3=O)cc2)cc1. The first-order valence-electron chi connectivity index (χ1n) is 9.24. The number of carboxylic acid groups (broad SMARTS) is 1. The van der Waals surface area contributed by atoms with Gasteiger partial charge in [-0.15, -0.1) is 0 Å². The summed E-state index contributed by atoms with van der Waals surface area (Å²) in [5, 5.41) is 9.08. The van der Waals surface area contributed by atoms with Crippen LogP contribution in [0.3, 0.4) is 0 Å². The van der Waals surface area contributed by atoms with Gasteiger partial charge in [-0.2, -0.15) is 0 Å². The van der Waals surface area contributed by atoms with Gasteiger partial charge in [0.25, 0.3) is 10.0 Å². The number of benzene rings is 2. The lowest BCUT2D eigenvalue weighted by Crippen LogP contribution is -2.25. The molecule has 0 bridgehead atoms. The summed E-state index contributed by atoms with van der Waals surface area (Å²) in [5.74, 6) is -2.05. The van der Waals surface area contributed by atoms with Gasteiger partial charge in [-0.25, -0.2) is 8.42 Å². The molecule has 7 nitrogen and oxygen atoms in total. The minimum Gasteiger partial charge on any atom is -0.481 e. The molecule has 29 heavy (non-hydrogen) atoms. The number of sulfonamides is 1. The number of carboxylic acids is 1. The number of nitrogens with zero attached hydrogens (tertiary/aromatic N) is 1. The predicted molar refractivity (Wildman–Crippen MR) is 110 cm³/mol. The molecule has 3 rings (SSSR count). The average molecular weight is 416 g/mol. The molecule has 0 radical (unpaired) electrons. The number of carbonyl (C=O) groups excluding carboxylic acids is 1. The zero-order valence-electron chi connectivity index (χ0n) is 16.5. The first-order chi connectivity index (χ1) is 13.5. The van der Waals surface area contributed by atoms with Crippen LogP contribution < -0.4 is 9.62 Å². The molecule has 2 N–H and O–H groups in total. The molecule has 1 amide bonds. The van der Waals surface area contributed by atoms with Crippen molar-refractivity contribution in [2.24, 2.45) is 5.92 Å². The van der Waals surface area contributed by atoms with Crippen molar-refractivity contribution < 1.29 is 23.1 Å². The van der Waals surface area contributed by atoms with E-state index in [0.717, 1.165) is 5.56 Å². The van der Waals surface area contributed by atoms with Gasteiger partial charge in [-0.3, -0.25) is 14.3 Å². The van der Waals surface area contributed by atoms with E-state index in [1.807, 2.05) is 12.1 Å². The topological polar surface area (TPSA) is 104 Å². The summed E-state index contributed by atoms with van der Waals surface area (Å²) < 4.78 is 27.9. The second kappa shape index (κ2) is 7.51. The van der Waals surface area contributed by atoms with E-state index in [1.165, 1.54) is 29.2 Å². The third-order valence-corrected chi connectivity index (χ3v) is 6.33. The Labute approximate surface area is 170 Å². The minimum absolute atomic E-state index is 0.0279. The van der Waals surface area contributed by atoms with Crippen LogP contribution in [0.2, 0.25) is 0 Å². The Bertz CT molecular complexity index is 1020. The van der Waals surface area contributed by atoms with Gasteiger partial charge in [-0.05, 0) is 47.4 Å². The number of anilines is 2. The molecule has 1 atom stereocenters. The van der Waals surface area contributed by atoms with Gasteiger partial charge in [0.05, 0.1) is 10.8 Å². The first-order valence-corrected chi connectivity index (χ1v) is 10.7. The molecule has 0 spiro atoms. The van der Waals surface area contributed by atoms with Gasteiger partial charge in [0, 0.05) is 24.3 Å². The van der Waals surface area contributed by atoms with Gasteiger partial charge in [0.2, 0.25) is 5.91 Å². The van der Waals surface area contributed by atoms with Crippen LogP contribution in [0.4, 0.5) is 11.4 Å². The monoisotopic (exact) mass is 416 g/mol. The number of aliphatic carboxylic acids is 1. The van der Waals surface area contributed by atoms with Crippen LogP contribution in [-0.2, 0) is 25.0 Å². The lowest BCUT2D eigenvalue weighted by molar-refractivity contribution is -0.141. The maximum Gasteiger partial charge on any atom is 0.308 e. The largest absolute Gasteiger partial charge is 0.481 e. The molecule has 8 heteroatoms. The van der Waals surface area contributed by atoms with Gasteiger partial charge < -0.3 is 10.0 Å². The maximum absolute atomic E-state index is 12.7. The standard InChI is InChI=1S/C21H24N2O5S/c1-21(2,3)15-4-6-16(7-5-15)22-29(27,28)18-10-8-17(9-11-18)23-13-14(20(25)26)12-19(23)24/h4-11,14,22H,12-13H2,1-3H3,(H,25,26)/t14-/m0/s1. The van der Waals surface area contributed by atoms with Crippen LogP contribution in [0.5, 0.6) is 0 Å². The molecule has 2 aromatic carbocycles. The van der Waals surface area contributed by atoms with E-state index in [9.17, 15) is 18.0 Å². The number of nitrogens with one attached hydrogen (secondary N) is 1. The van der Waals surface area contributed by atoms with Crippen molar-refractivity contribution in [3.05, 3.63) is 54.1 Å². The molecule has 0 unspecified atom stereocenters. The van der Waals surface area contributed by atoms with Crippen LogP contribution in [0, 0.1) is 5.92 Å². The fourth-order valence-electron chi connectivity index (χ4n) is 3.18. The summed E-state index contributed by atoms with van der Waals surface area (Å²) in [6.45, 7) is 6.32. The number of amides is 1. The van der Waals surface area contributed by atoms with Crippen LogP contribution in [0.1, 0.15) is 32.8 Å². The van der Waals surface area contributed by atoms with Crippen molar-refractivity contribution in [2.75, 3.05) is 16.2 Å². The Morgan fingerprint density at radius 2 is 1.66 bits per heavy atom. The van der Waals surface area contributed by atoms with E-state index in [0.29, 0.717) is 11.4 Å². The van der Waals surface area contributed by atoms with Crippen LogP contribution in [0.25, 0.3) is 0 Å². The summed E-state index contributed by atoms with van der Waals surface area (Å²) in [7, 11) is -3.79. The molecule has 154 valence electrons. The highest BCUT2D eigenvalue weighted by molar-refractivity contribution is 7.92. The van der Waals surface area contributed by atoms with Crippen molar-refractivity contribution in [3.63, 3.8) is 0 Å². The number of hydrogen-bond donors (Lipinski definition) is 2. The Hall–Kier alpha value is -2.87. The third kappa shape index (κ3) is 4.59. The fourth-order valence-corrected chi connectivity index (χ4v) is 4.24. The van der Waals surface area contributed by atoms with Crippen LogP contribution >= 0.6 is 0 Å². The van der Waals surface area contributed by atoms with E-state index in [-0.39, 0.29) is 29.2 Å². The molecule has 2 aromatic rings. The molecule has 1 saturated heterocycles. The van der Waals surface area contributed by atoms with E-state index in [4.69, 9.17) is 5.11 Å². The summed E-state index contributed by atoms with van der Waals surface area (Å²) in [4.78, 5) is 24.6. The number of rotatable bonds is 5. The molecule has 1 fully saturated rings. The second-order valence-electron chi connectivity index (χ2n) is 8.17. The Morgan fingerprint density at radius 3 is 2.14 bits per heavy atom. The van der Waals surface area contributed by atoms with Gasteiger partial charge in [0.1, 0.15) is 0 Å². The van der Waals surface area contributed by atoms with E-state index >= 15 is 0 Å². The predicted octanol–water partition coefficient (Wildman–Crippen LogP) is 3.22. The fraction of sp³-hybridized carbons (Fsp3) is 0.333. The molecule has 1 aliphatic heterocycles. The van der Waals surface area contributed by atoms with Crippen LogP contribution in [0.15, 0.2) is 53.4 Å². The van der Waals surface area contributed by atoms with Crippen molar-refractivity contribution in [1.29, 1.82) is 0 Å². The normalized spacial score (nSPS) is 17.4.